The van der Waals surface area contributed by atoms with E-state index in [0.29, 0.717) is 6.54 Å². The third kappa shape index (κ3) is 5.68. The van der Waals surface area contributed by atoms with E-state index >= 15 is 0 Å². The Hall–Kier alpha value is -2.62. The summed E-state index contributed by atoms with van der Waals surface area (Å²) in [5.41, 5.74) is 2.45. The minimum absolute atomic E-state index is 0.0154. The van der Waals surface area contributed by atoms with Crippen molar-refractivity contribution in [1.29, 1.82) is 0 Å². The average Bonchev–Trinajstić information content (AvgIpc) is 3.26. The highest BCUT2D eigenvalue weighted by molar-refractivity contribution is 5.81. The van der Waals surface area contributed by atoms with Gasteiger partial charge in [0.1, 0.15) is 0 Å². The van der Waals surface area contributed by atoms with E-state index in [1.165, 1.54) is 11.1 Å². The van der Waals surface area contributed by atoms with Gasteiger partial charge in [0.2, 0.25) is 0 Å². The molecule has 4 nitrogen and oxygen atoms in total. The number of esters is 1. The van der Waals surface area contributed by atoms with Gasteiger partial charge in [0.15, 0.2) is 6.61 Å². The van der Waals surface area contributed by atoms with Crippen LogP contribution in [0.1, 0.15) is 49.1 Å². The standard InChI is InChI=1S/C23H27NO3/c25-22(17-27-23(26)20-13-7-8-14-20)24-16-15-21(18-9-3-1-4-10-18)19-11-5-2-6-12-19/h1-6,9-12,20-21H,7-8,13-17H2,(H,24,25). The van der Waals surface area contributed by atoms with Crippen LogP contribution in [0.5, 0.6) is 0 Å². The Morgan fingerprint density at radius 2 is 1.48 bits per heavy atom. The predicted molar refractivity (Wildman–Crippen MR) is 105 cm³/mol. The van der Waals surface area contributed by atoms with E-state index in [1.807, 2.05) is 36.4 Å². The largest absolute Gasteiger partial charge is 0.455 e. The van der Waals surface area contributed by atoms with E-state index in [9.17, 15) is 9.59 Å². The van der Waals surface area contributed by atoms with Gasteiger partial charge < -0.3 is 10.1 Å². The molecule has 0 bridgehead atoms. The lowest BCUT2D eigenvalue weighted by molar-refractivity contribution is -0.152. The molecular formula is C23H27NO3. The first-order valence-corrected chi connectivity index (χ1v) is 9.77. The molecule has 0 radical (unpaired) electrons. The SMILES string of the molecule is O=C(COC(=O)C1CCCC1)NCCC(c1ccccc1)c1ccccc1. The molecule has 0 unspecified atom stereocenters. The van der Waals surface area contributed by atoms with E-state index in [0.717, 1.165) is 32.1 Å². The first-order chi connectivity index (χ1) is 13.2. The molecule has 1 saturated carbocycles. The lowest BCUT2D eigenvalue weighted by Gasteiger charge is -2.18. The highest BCUT2D eigenvalue weighted by Crippen LogP contribution is 2.27. The Kier molecular flexibility index (Phi) is 7.03. The predicted octanol–water partition coefficient (Wildman–Crippen LogP) is 4.06. The molecule has 0 spiro atoms. The molecule has 0 atom stereocenters. The van der Waals surface area contributed by atoms with Gasteiger partial charge in [0.05, 0.1) is 5.92 Å². The molecule has 0 heterocycles. The minimum Gasteiger partial charge on any atom is -0.455 e. The molecule has 0 saturated heterocycles. The maximum Gasteiger partial charge on any atom is 0.309 e. The van der Waals surface area contributed by atoms with Crippen LogP contribution in [0, 0.1) is 5.92 Å². The number of benzene rings is 2. The lowest BCUT2D eigenvalue weighted by Crippen LogP contribution is -2.31. The molecule has 1 fully saturated rings. The Bertz CT molecular complexity index is 684. The van der Waals surface area contributed by atoms with Crippen LogP contribution in [0.3, 0.4) is 0 Å². The van der Waals surface area contributed by atoms with Crippen LogP contribution in [-0.2, 0) is 14.3 Å². The van der Waals surface area contributed by atoms with Crippen LogP contribution in [0.2, 0.25) is 0 Å². The number of hydrogen-bond donors (Lipinski definition) is 1. The Morgan fingerprint density at radius 3 is 2.04 bits per heavy atom. The lowest BCUT2D eigenvalue weighted by atomic mass is 9.88. The van der Waals surface area contributed by atoms with Crippen LogP contribution < -0.4 is 5.32 Å². The fourth-order valence-corrected chi connectivity index (χ4v) is 3.72. The highest BCUT2D eigenvalue weighted by atomic mass is 16.5. The van der Waals surface area contributed by atoms with E-state index in [-0.39, 0.29) is 30.3 Å². The van der Waals surface area contributed by atoms with Crippen LogP contribution in [0.4, 0.5) is 0 Å². The van der Waals surface area contributed by atoms with Gasteiger partial charge in [0.25, 0.3) is 5.91 Å². The van der Waals surface area contributed by atoms with Gasteiger partial charge in [-0.1, -0.05) is 73.5 Å². The molecule has 1 aliphatic rings. The van der Waals surface area contributed by atoms with Crippen LogP contribution in [-0.4, -0.2) is 25.0 Å². The quantitative estimate of drug-likeness (QED) is 0.718. The van der Waals surface area contributed by atoms with E-state index in [4.69, 9.17) is 4.74 Å². The smallest absolute Gasteiger partial charge is 0.309 e. The number of carbonyl (C=O) groups is 2. The van der Waals surface area contributed by atoms with Crippen molar-refractivity contribution in [3.8, 4) is 0 Å². The van der Waals surface area contributed by atoms with Crippen molar-refractivity contribution in [2.45, 2.75) is 38.0 Å². The number of ether oxygens (including phenoxy) is 1. The van der Waals surface area contributed by atoms with Crippen LogP contribution >= 0.6 is 0 Å². The molecule has 2 aromatic rings. The molecule has 4 heteroatoms. The molecule has 1 amide bonds. The second kappa shape index (κ2) is 9.91. The summed E-state index contributed by atoms with van der Waals surface area (Å²) in [5, 5.41) is 2.88. The number of amides is 1. The summed E-state index contributed by atoms with van der Waals surface area (Å²) in [4.78, 5) is 23.9. The van der Waals surface area contributed by atoms with Gasteiger partial charge in [0, 0.05) is 12.5 Å². The number of rotatable bonds is 8. The zero-order valence-corrected chi connectivity index (χ0v) is 15.6. The van der Waals surface area contributed by atoms with E-state index in [1.54, 1.807) is 0 Å². The van der Waals surface area contributed by atoms with Crippen molar-refractivity contribution >= 4 is 11.9 Å². The summed E-state index contributed by atoms with van der Waals surface area (Å²) in [6, 6.07) is 20.6. The van der Waals surface area contributed by atoms with Crippen molar-refractivity contribution < 1.29 is 14.3 Å². The average molecular weight is 365 g/mol. The summed E-state index contributed by atoms with van der Waals surface area (Å²) in [6.07, 6.45) is 4.71. The van der Waals surface area contributed by atoms with Gasteiger partial charge in [-0.25, -0.2) is 0 Å². The molecule has 3 rings (SSSR count). The Labute approximate surface area is 160 Å². The van der Waals surface area contributed by atoms with Crippen LogP contribution in [0.15, 0.2) is 60.7 Å². The van der Waals surface area contributed by atoms with Crippen molar-refractivity contribution in [1.82, 2.24) is 5.32 Å². The zero-order chi connectivity index (χ0) is 18.9. The van der Waals surface area contributed by atoms with Crippen LogP contribution in [0.25, 0.3) is 0 Å². The fourth-order valence-electron chi connectivity index (χ4n) is 3.72. The zero-order valence-electron chi connectivity index (χ0n) is 15.6. The summed E-state index contributed by atoms with van der Waals surface area (Å²) in [7, 11) is 0. The van der Waals surface area contributed by atoms with Crippen molar-refractivity contribution in [2.24, 2.45) is 5.92 Å². The molecule has 2 aromatic carbocycles. The third-order valence-electron chi connectivity index (χ3n) is 5.19. The van der Waals surface area contributed by atoms with Crippen molar-refractivity contribution in [3.05, 3.63) is 71.8 Å². The maximum atomic E-state index is 12.0. The Balaban J connectivity index is 1.49. The molecule has 1 aliphatic carbocycles. The van der Waals surface area contributed by atoms with Gasteiger partial charge in [-0.2, -0.15) is 0 Å². The number of nitrogens with one attached hydrogen (secondary N) is 1. The molecule has 0 aliphatic heterocycles. The third-order valence-corrected chi connectivity index (χ3v) is 5.19. The monoisotopic (exact) mass is 365 g/mol. The first-order valence-electron chi connectivity index (χ1n) is 9.77. The van der Waals surface area contributed by atoms with Gasteiger partial charge in [-0.05, 0) is 30.4 Å². The van der Waals surface area contributed by atoms with Gasteiger partial charge in [-0.3, -0.25) is 9.59 Å². The minimum atomic E-state index is -0.235. The highest BCUT2D eigenvalue weighted by Gasteiger charge is 2.24. The summed E-state index contributed by atoms with van der Waals surface area (Å²) in [5.74, 6) is -0.262. The van der Waals surface area contributed by atoms with E-state index in [2.05, 4.69) is 29.6 Å². The molecule has 1 N–H and O–H groups in total. The fraction of sp³-hybridized carbons (Fsp3) is 0.391. The first kappa shape index (κ1) is 19.2. The second-order valence-corrected chi connectivity index (χ2v) is 7.10. The number of hydrogen-bond acceptors (Lipinski definition) is 3. The summed E-state index contributed by atoms with van der Waals surface area (Å²) >= 11 is 0. The molecule has 0 aromatic heterocycles. The number of carbonyl (C=O) groups excluding carboxylic acids is 2. The van der Waals surface area contributed by atoms with Gasteiger partial charge >= 0.3 is 5.97 Å². The molecular weight excluding hydrogens is 338 g/mol. The van der Waals surface area contributed by atoms with E-state index < -0.39 is 0 Å². The van der Waals surface area contributed by atoms with Crippen molar-refractivity contribution in [3.63, 3.8) is 0 Å². The van der Waals surface area contributed by atoms with Crippen molar-refractivity contribution in [2.75, 3.05) is 13.2 Å². The molecule has 27 heavy (non-hydrogen) atoms. The maximum absolute atomic E-state index is 12.0. The topological polar surface area (TPSA) is 55.4 Å². The second-order valence-electron chi connectivity index (χ2n) is 7.10. The summed E-state index contributed by atoms with van der Waals surface area (Å²) in [6.45, 7) is 0.352. The molecule has 142 valence electrons. The van der Waals surface area contributed by atoms with Gasteiger partial charge in [-0.15, -0.1) is 0 Å². The normalized spacial score (nSPS) is 14.3. The summed E-state index contributed by atoms with van der Waals surface area (Å²) < 4.78 is 5.16. The Morgan fingerprint density at radius 1 is 0.926 bits per heavy atom.